The van der Waals surface area contributed by atoms with Crippen molar-refractivity contribution in [3.05, 3.63) is 47.1 Å². The Morgan fingerprint density at radius 2 is 1.84 bits per heavy atom. The highest BCUT2D eigenvalue weighted by atomic mass is 79.9. The van der Waals surface area contributed by atoms with Crippen LogP contribution in [0, 0.1) is 0 Å². The monoisotopic (exact) mass is 317 g/mol. The largest absolute Gasteiger partial charge is 0.508 e. The van der Waals surface area contributed by atoms with E-state index in [-0.39, 0.29) is 5.75 Å². The normalized spacial score (nSPS) is 10.6. The Balaban J connectivity index is 1.95. The molecule has 0 saturated heterocycles. The van der Waals surface area contributed by atoms with Crippen molar-refractivity contribution in [2.75, 3.05) is 0 Å². The summed E-state index contributed by atoms with van der Waals surface area (Å²) in [5.74, 6) is 1.01. The molecule has 19 heavy (non-hydrogen) atoms. The summed E-state index contributed by atoms with van der Waals surface area (Å²) in [4.78, 5) is 8.46. The predicted molar refractivity (Wildman–Crippen MR) is 72.3 cm³/mol. The Bertz CT molecular complexity index is 633. The number of nitrogens with zero attached hydrogens (tertiary/aromatic N) is 3. The molecule has 3 aromatic rings. The van der Waals surface area contributed by atoms with E-state index >= 15 is 0 Å². The SMILES string of the molecule is Oc1ccc(-c2noc(-c3ccc(Br)cn3)n2)cc1. The number of benzene rings is 1. The summed E-state index contributed by atoms with van der Waals surface area (Å²) in [6, 6.07) is 10.2. The molecule has 5 nitrogen and oxygen atoms in total. The van der Waals surface area contributed by atoms with Gasteiger partial charge in [0.25, 0.3) is 5.89 Å². The zero-order valence-corrected chi connectivity index (χ0v) is 11.2. The number of pyridine rings is 1. The fourth-order valence-corrected chi connectivity index (χ4v) is 1.79. The van der Waals surface area contributed by atoms with Gasteiger partial charge in [0.2, 0.25) is 5.82 Å². The number of halogens is 1. The van der Waals surface area contributed by atoms with Crippen molar-refractivity contribution in [3.63, 3.8) is 0 Å². The second kappa shape index (κ2) is 4.81. The summed E-state index contributed by atoms with van der Waals surface area (Å²) in [5, 5.41) is 13.1. The van der Waals surface area contributed by atoms with Crippen LogP contribution in [0.2, 0.25) is 0 Å². The minimum atomic E-state index is 0.196. The molecule has 0 spiro atoms. The molecule has 0 amide bonds. The van der Waals surface area contributed by atoms with Crippen molar-refractivity contribution in [1.29, 1.82) is 0 Å². The lowest BCUT2D eigenvalue weighted by molar-refractivity contribution is 0.431. The molecule has 0 bridgehead atoms. The van der Waals surface area contributed by atoms with E-state index in [0.29, 0.717) is 17.4 Å². The van der Waals surface area contributed by atoms with Crippen molar-refractivity contribution in [1.82, 2.24) is 15.1 Å². The molecule has 1 N–H and O–H groups in total. The first-order valence-corrected chi connectivity index (χ1v) is 6.27. The van der Waals surface area contributed by atoms with Gasteiger partial charge in [-0.25, -0.2) is 4.98 Å². The zero-order valence-electron chi connectivity index (χ0n) is 9.62. The van der Waals surface area contributed by atoms with E-state index < -0.39 is 0 Å². The molecule has 1 aromatic carbocycles. The van der Waals surface area contributed by atoms with Gasteiger partial charge in [0.05, 0.1) is 0 Å². The van der Waals surface area contributed by atoms with Crippen LogP contribution in [0.25, 0.3) is 23.0 Å². The standard InChI is InChI=1S/C13H8BrN3O2/c14-9-3-6-11(15-7-9)13-16-12(17-19-13)8-1-4-10(18)5-2-8/h1-7,18H. The van der Waals surface area contributed by atoms with Crippen molar-refractivity contribution in [3.8, 4) is 28.7 Å². The van der Waals surface area contributed by atoms with Gasteiger partial charge in [0, 0.05) is 16.2 Å². The maximum atomic E-state index is 9.23. The van der Waals surface area contributed by atoms with Gasteiger partial charge in [-0.1, -0.05) is 5.16 Å². The molecule has 94 valence electrons. The molecule has 0 unspecified atom stereocenters. The zero-order chi connectivity index (χ0) is 13.2. The van der Waals surface area contributed by atoms with E-state index in [1.807, 2.05) is 6.07 Å². The van der Waals surface area contributed by atoms with Crippen LogP contribution in [-0.4, -0.2) is 20.2 Å². The van der Waals surface area contributed by atoms with Crippen molar-refractivity contribution >= 4 is 15.9 Å². The third kappa shape index (κ3) is 2.48. The maximum Gasteiger partial charge on any atom is 0.276 e. The van der Waals surface area contributed by atoms with E-state index in [2.05, 4.69) is 31.1 Å². The molecule has 0 radical (unpaired) electrons. The van der Waals surface area contributed by atoms with Crippen LogP contribution in [0.1, 0.15) is 0 Å². The van der Waals surface area contributed by atoms with Crippen molar-refractivity contribution in [2.24, 2.45) is 0 Å². The molecule has 2 heterocycles. The summed E-state index contributed by atoms with van der Waals surface area (Å²) < 4.78 is 6.06. The lowest BCUT2D eigenvalue weighted by atomic mass is 10.2. The Morgan fingerprint density at radius 1 is 1.05 bits per heavy atom. The van der Waals surface area contributed by atoms with Gasteiger partial charge in [-0.15, -0.1) is 0 Å². The second-order valence-electron chi connectivity index (χ2n) is 3.83. The highest BCUT2D eigenvalue weighted by Crippen LogP contribution is 2.23. The van der Waals surface area contributed by atoms with Crippen LogP contribution >= 0.6 is 15.9 Å². The number of aromatic nitrogens is 3. The fraction of sp³-hybridized carbons (Fsp3) is 0. The highest BCUT2D eigenvalue weighted by Gasteiger charge is 2.11. The van der Waals surface area contributed by atoms with E-state index in [9.17, 15) is 5.11 Å². The van der Waals surface area contributed by atoms with Crippen molar-refractivity contribution < 1.29 is 9.63 Å². The van der Waals surface area contributed by atoms with Crippen molar-refractivity contribution in [2.45, 2.75) is 0 Å². The molecule has 0 fully saturated rings. The number of rotatable bonds is 2. The molecule has 0 aliphatic rings. The smallest absolute Gasteiger partial charge is 0.276 e. The van der Waals surface area contributed by atoms with E-state index in [4.69, 9.17) is 4.52 Å². The van der Waals surface area contributed by atoms with Crippen LogP contribution < -0.4 is 0 Å². The van der Waals surface area contributed by atoms with E-state index in [0.717, 1.165) is 10.0 Å². The summed E-state index contributed by atoms with van der Waals surface area (Å²) in [5.41, 5.74) is 1.38. The third-order valence-electron chi connectivity index (χ3n) is 2.50. The third-order valence-corrected chi connectivity index (χ3v) is 2.97. The van der Waals surface area contributed by atoms with Gasteiger partial charge in [-0.05, 0) is 52.3 Å². The minimum Gasteiger partial charge on any atom is -0.508 e. The first-order chi connectivity index (χ1) is 9.22. The number of hydrogen-bond acceptors (Lipinski definition) is 5. The highest BCUT2D eigenvalue weighted by molar-refractivity contribution is 9.10. The average Bonchev–Trinajstić information content (AvgIpc) is 2.90. The van der Waals surface area contributed by atoms with Crippen LogP contribution in [0.4, 0.5) is 0 Å². The summed E-state index contributed by atoms with van der Waals surface area (Å²) >= 11 is 3.31. The fourth-order valence-electron chi connectivity index (χ4n) is 1.56. The number of hydrogen-bond donors (Lipinski definition) is 1. The second-order valence-corrected chi connectivity index (χ2v) is 4.75. The molecule has 0 aliphatic carbocycles. The van der Waals surface area contributed by atoms with Gasteiger partial charge in [0.15, 0.2) is 0 Å². The van der Waals surface area contributed by atoms with Gasteiger partial charge >= 0.3 is 0 Å². The Labute approximate surface area is 117 Å². The van der Waals surface area contributed by atoms with Crippen LogP contribution in [0.5, 0.6) is 5.75 Å². The lowest BCUT2D eigenvalue weighted by Crippen LogP contribution is -1.83. The summed E-state index contributed by atoms with van der Waals surface area (Å²) in [7, 11) is 0. The van der Waals surface area contributed by atoms with Gasteiger partial charge in [-0.3, -0.25) is 0 Å². The first kappa shape index (κ1) is 11.9. The number of phenolic OH excluding ortho intramolecular Hbond substituents is 1. The van der Waals surface area contributed by atoms with Crippen LogP contribution in [0.3, 0.4) is 0 Å². The Hall–Kier alpha value is -2.21. The molecular weight excluding hydrogens is 310 g/mol. The average molecular weight is 318 g/mol. The van der Waals surface area contributed by atoms with Gasteiger partial charge in [0.1, 0.15) is 11.4 Å². The Kier molecular flexibility index (Phi) is 3.00. The summed E-state index contributed by atoms with van der Waals surface area (Å²) in [6.45, 7) is 0. The van der Waals surface area contributed by atoms with E-state index in [1.54, 1.807) is 36.5 Å². The maximum absolute atomic E-state index is 9.23. The molecule has 0 aliphatic heterocycles. The lowest BCUT2D eigenvalue weighted by Gasteiger charge is -1.94. The topological polar surface area (TPSA) is 72.0 Å². The first-order valence-electron chi connectivity index (χ1n) is 5.47. The van der Waals surface area contributed by atoms with Crippen LogP contribution in [-0.2, 0) is 0 Å². The molecule has 6 heteroatoms. The molecule has 0 saturated carbocycles. The minimum absolute atomic E-state index is 0.196. The van der Waals surface area contributed by atoms with E-state index in [1.165, 1.54) is 0 Å². The molecular formula is C13H8BrN3O2. The van der Waals surface area contributed by atoms with Crippen LogP contribution in [0.15, 0.2) is 51.6 Å². The quantitative estimate of drug-likeness (QED) is 0.785. The molecule has 0 atom stereocenters. The summed E-state index contributed by atoms with van der Waals surface area (Å²) in [6.07, 6.45) is 1.67. The number of aromatic hydroxyl groups is 1. The van der Waals surface area contributed by atoms with Gasteiger partial charge in [-0.2, -0.15) is 4.98 Å². The number of phenols is 1. The molecule has 3 rings (SSSR count). The Morgan fingerprint density at radius 3 is 2.53 bits per heavy atom. The van der Waals surface area contributed by atoms with Gasteiger partial charge < -0.3 is 9.63 Å². The molecule has 2 aromatic heterocycles. The predicted octanol–water partition coefficient (Wildman–Crippen LogP) is 3.27.